The van der Waals surface area contributed by atoms with Crippen LogP contribution in [-0.2, 0) is 4.79 Å². The highest BCUT2D eigenvalue weighted by Gasteiger charge is 2.24. The lowest BCUT2D eigenvalue weighted by Crippen LogP contribution is -2.47. The molecule has 0 bridgehead atoms. The zero-order valence-corrected chi connectivity index (χ0v) is 10.7. The van der Waals surface area contributed by atoms with Crippen molar-refractivity contribution in [2.45, 2.75) is 51.4 Å². The molecule has 2 nitrogen and oxygen atoms in total. The van der Waals surface area contributed by atoms with Gasteiger partial charge >= 0.3 is 0 Å². The van der Waals surface area contributed by atoms with Gasteiger partial charge in [-0.15, -0.1) is 0 Å². The Morgan fingerprint density at radius 2 is 1.92 bits per heavy atom. The molecule has 1 N–H and O–H groups in total. The second-order valence-corrected chi connectivity index (χ2v) is 5.36. The molecular formula is C10H20BrNO. The Morgan fingerprint density at radius 1 is 1.46 bits per heavy atom. The lowest BCUT2D eigenvalue weighted by atomic mass is 10.0. The van der Waals surface area contributed by atoms with Crippen LogP contribution >= 0.6 is 15.9 Å². The van der Waals surface area contributed by atoms with E-state index in [4.69, 9.17) is 0 Å². The van der Waals surface area contributed by atoms with Crippen LogP contribution in [0, 0.1) is 5.92 Å². The molecule has 0 aliphatic rings. The first-order valence-electron chi connectivity index (χ1n) is 4.76. The van der Waals surface area contributed by atoms with Gasteiger partial charge < -0.3 is 5.32 Å². The van der Waals surface area contributed by atoms with Gasteiger partial charge in [0.1, 0.15) is 0 Å². The third kappa shape index (κ3) is 4.65. The summed E-state index contributed by atoms with van der Waals surface area (Å²) in [5.41, 5.74) is -0.0992. The van der Waals surface area contributed by atoms with Crippen molar-refractivity contribution in [3.63, 3.8) is 0 Å². The van der Waals surface area contributed by atoms with Gasteiger partial charge in [0.2, 0.25) is 5.91 Å². The molecule has 1 amide bonds. The number of hydrogen-bond donors (Lipinski definition) is 1. The molecule has 13 heavy (non-hydrogen) atoms. The summed E-state index contributed by atoms with van der Waals surface area (Å²) in [6.07, 6.45) is 0.941. The van der Waals surface area contributed by atoms with Gasteiger partial charge in [-0.25, -0.2) is 0 Å². The van der Waals surface area contributed by atoms with E-state index in [2.05, 4.69) is 28.2 Å². The molecule has 0 fully saturated rings. The van der Waals surface area contributed by atoms with Crippen LogP contribution in [0.3, 0.4) is 0 Å². The number of rotatable bonds is 4. The molecule has 0 aliphatic carbocycles. The topological polar surface area (TPSA) is 29.1 Å². The van der Waals surface area contributed by atoms with Crippen molar-refractivity contribution in [3.8, 4) is 0 Å². The van der Waals surface area contributed by atoms with Gasteiger partial charge in [0.25, 0.3) is 0 Å². The first-order chi connectivity index (χ1) is 5.80. The van der Waals surface area contributed by atoms with E-state index >= 15 is 0 Å². The van der Waals surface area contributed by atoms with Gasteiger partial charge in [-0.1, -0.05) is 36.7 Å². The molecule has 1 atom stereocenters. The van der Waals surface area contributed by atoms with Crippen LogP contribution in [0.2, 0.25) is 0 Å². The van der Waals surface area contributed by atoms with Crippen molar-refractivity contribution in [1.29, 1.82) is 0 Å². The number of hydrogen-bond acceptors (Lipinski definition) is 1. The predicted molar refractivity (Wildman–Crippen MR) is 60.1 cm³/mol. The standard InChI is InChI=1S/C10H20BrNO/c1-6-10(4,5)12-9(13)8(11)7(2)3/h7-8H,6H2,1-5H3,(H,12,13)/t8-/m1/s1. The number of alkyl halides is 1. The van der Waals surface area contributed by atoms with Gasteiger partial charge in [-0.3, -0.25) is 4.79 Å². The van der Waals surface area contributed by atoms with Crippen LogP contribution in [0.15, 0.2) is 0 Å². The highest BCUT2D eigenvalue weighted by Crippen LogP contribution is 2.15. The van der Waals surface area contributed by atoms with E-state index in [1.54, 1.807) is 0 Å². The van der Waals surface area contributed by atoms with E-state index in [0.717, 1.165) is 6.42 Å². The smallest absolute Gasteiger partial charge is 0.234 e. The average molecular weight is 250 g/mol. The number of nitrogens with one attached hydrogen (secondary N) is 1. The monoisotopic (exact) mass is 249 g/mol. The normalized spacial score (nSPS) is 14.4. The molecule has 0 heterocycles. The fourth-order valence-electron chi connectivity index (χ4n) is 0.794. The molecule has 0 saturated heterocycles. The Bertz CT molecular complexity index is 178. The summed E-state index contributed by atoms with van der Waals surface area (Å²) in [4.78, 5) is 11.5. The van der Waals surface area contributed by atoms with Gasteiger partial charge in [-0.2, -0.15) is 0 Å². The van der Waals surface area contributed by atoms with Gasteiger partial charge in [0.05, 0.1) is 4.83 Å². The molecule has 0 aromatic carbocycles. The number of halogens is 1. The zero-order chi connectivity index (χ0) is 10.6. The molecular weight excluding hydrogens is 230 g/mol. The Kier molecular flexibility index (Phi) is 4.97. The minimum Gasteiger partial charge on any atom is -0.350 e. The molecule has 0 unspecified atom stereocenters. The number of amides is 1. The van der Waals surface area contributed by atoms with E-state index in [-0.39, 0.29) is 16.3 Å². The predicted octanol–water partition coefficient (Wildman–Crippen LogP) is 2.71. The second kappa shape index (κ2) is 4.99. The zero-order valence-electron chi connectivity index (χ0n) is 9.15. The van der Waals surface area contributed by atoms with E-state index in [0.29, 0.717) is 5.92 Å². The highest BCUT2D eigenvalue weighted by molar-refractivity contribution is 9.10. The summed E-state index contributed by atoms with van der Waals surface area (Å²) in [6, 6.07) is 0. The lowest BCUT2D eigenvalue weighted by molar-refractivity contribution is -0.122. The van der Waals surface area contributed by atoms with Crippen LogP contribution in [0.25, 0.3) is 0 Å². The van der Waals surface area contributed by atoms with Crippen LogP contribution in [0.1, 0.15) is 41.0 Å². The first kappa shape index (κ1) is 12.9. The van der Waals surface area contributed by atoms with Gasteiger partial charge in [0, 0.05) is 5.54 Å². The summed E-state index contributed by atoms with van der Waals surface area (Å²) in [6.45, 7) is 10.2. The molecule has 0 saturated carbocycles. The summed E-state index contributed by atoms with van der Waals surface area (Å²) in [5, 5.41) is 3.00. The van der Waals surface area contributed by atoms with Crippen LogP contribution in [0.5, 0.6) is 0 Å². The largest absolute Gasteiger partial charge is 0.350 e. The van der Waals surface area contributed by atoms with E-state index in [1.807, 2.05) is 27.7 Å². The van der Waals surface area contributed by atoms with Crippen LogP contribution in [0.4, 0.5) is 0 Å². The van der Waals surface area contributed by atoms with E-state index in [1.165, 1.54) is 0 Å². The molecule has 0 radical (unpaired) electrons. The SMILES string of the molecule is CCC(C)(C)NC(=O)[C@H](Br)C(C)C. The minimum absolute atomic E-state index is 0.0849. The van der Waals surface area contributed by atoms with E-state index in [9.17, 15) is 4.79 Å². The average Bonchev–Trinajstić information content (AvgIpc) is 2.02. The van der Waals surface area contributed by atoms with Crippen molar-refractivity contribution >= 4 is 21.8 Å². The fourth-order valence-corrected chi connectivity index (χ4v) is 0.908. The maximum atomic E-state index is 11.6. The Morgan fingerprint density at radius 3 is 2.23 bits per heavy atom. The molecule has 78 valence electrons. The maximum absolute atomic E-state index is 11.6. The third-order valence-corrected chi connectivity index (χ3v) is 3.65. The maximum Gasteiger partial charge on any atom is 0.234 e. The summed E-state index contributed by atoms with van der Waals surface area (Å²) >= 11 is 3.38. The van der Waals surface area contributed by atoms with Crippen molar-refractivity contribution in [2.24, 2.45) is 5.92 Å². The van der Waals surface area contributed by atoms with Crippen molar-refractivity contribution in [3.05, 3.63) is 0 Å². The molecule has 0 aromatic rings. The minimum atomic E-state index is -0.0992. The van der Waals surface area contributed by atoms with E-state index < -0.39 is 0 Å². The molecule has 0 aliphatic heterocycles. The first-order valence-corrected chi connectivity index (χ1v) is 5.68. The van der Waals surface area contributed by atoms with Crippen molar-refractivity contribution in [1.82, 2.24) is 5.32 Å². The van der Waals surface area contributed by atoms with Crippen LogP contribution < -0.4 is 5.32 Å². The summed E-state index contributed by atoms with van der Waals surface area (Å²) < 4.78 is 0. The number of carbonyl (C=O) groups excluding carboxylic acids is 1. The quantitative estimate of drug-likeness (QED) is 0.763. The summed E-state index contributed by atoms with van der Waals surface area (Å²) in [5.74, 6) is 0.412. The molecule has 3 heteroatoms. The number of carbonyl (C=O) groups is 1. The Labute approximate surface area is 89.6 Å². The van der Waals surface area contributed by atoms with Gasteiger partial charge in [0.15, 0.2) is 0 Å². The third-order valence-electron chi connectivity index (χ3n) is 2.18. The van der Waals surface area contributed by atoms with Crippen molar-refractivity contribution < 1.29 is 4.79 Å². The Hall–Kier alpha value is -0.0500. The highest BCUT2D eigenvalue weighted by atomic mass is 79.9. The van der Waals surface area contributed by atoms with Gasteiger partial charge in [-0.05, 0) is 26.2 Å². The molecule has 0 rings (SSSR count). The fraction of sp³-hybridized carbons (Fsp3) is 0.900. The lowest BCUT2D eigenvalue weighted by Gasteiger charge is -2.26. The van der Waals surface area contributed by atoms with Crippen molar-refractivity contribution in [2.75, 3.05) is 0 Å². The molecule has 0 spiro atoms. The molecule has 0 aromatic heterocycles. The summed E-state index contributed by atoms with van der Waals surface area (Å²) in [7, 11) is 0. The second-order valence-electron chi connectivity index (χ2n) is 4.37. The van der Waals surface area contributed by atoms with Crippen LogP contribution in [-0.4, -0.2) is 16.3 Å². The Balaban J connectivity index is 4.15.